The molecule has 0 N–H and O–H groups in total. The summed E-state index contributed by atoms with van der Waals surface area (Å²) in [6.07, 6.45) is 4.57. The molecule has 0 fully saturated rings. The highest BCUT2D eigenvalue weighted by Crippen LogP contribution is 2.30. The molecular weight excluding hydrogens is 182 g/mol. The van der Waals surface area contributed by atoms with Crippen LogP contribution in [0.3, 0.4) is 0 Å². The summed E-state index contributed by atoms with van der Waals surface area (Å²) >= 11 is 0. The minimum absolute atomic E-state index is 0.646. The predicted octanol–water partition coefficient (Wildman–Crippen LogP) is 3.61. The van der Waals surface area contributed by atoms with Crippen LogP contribution in [0.25, 0.3) is 17.0 Å². The van der Waals surface area contributed by atoms with Crippen LogP contribution in [0.5, 0.6) is 0 Å². The lowest BCUT2D eigenvalue weighted by Gasteiger charge is -2.17. The Morgan fingerprint density at radius 1 is 1.27 bits per heavy atom. The summed E-state index contributed by atoms with van der Waals surface area (Å²) in [4.78, 5) is 0. The lowest BCUT2D eigenvalue weighted by Crippen LogP contribution is -2.10. The normalized spacial score (nSPS) is 19.5. The fourth-order valence-corrected chi connectivity index (χ4v) is 2.51. The van der Waals surface area contributed by atoms with Crippen molar-refractivity contribution in [2.45, 2.75) is 20.4 Å². The standard InChI is InChI=1S/C14H15N/c1-10-7-8-13-11(2)12-5-3-4-6-14(12)15(13)9-10/h3-8,10H,9H2,1-2H3. The van der Waals surface area contributed by atoms with E-state index in [9.17, 15) is 0 Å². The van der Waals surface area contributed by atoms with Crippen molar-refractivity contribution < 1.29 is 0 Å². The van der Waals surface area contributed by atoms with E-state index >= 15 is 0 Å². The topological polar surface area (TPSA) is 4.93 Å². The molecule has 1 atom stereocenters. The third kappa shape index (κ3) is 1.16. The van der Waals surface area contributed by atoms with E-state index in [0.29, 0.717) is 5.92 Å². The van der Waals surface area contributed by atoms with E-state index in [0.717, 1.165) is 6.54 Å². The Balaban J connectivity index is 2.39. The van der Waals surface area contributed by atoms with Crippen LogP contribution in [0.15, 0.2) is 30.3 Å². The summed E-state index contributed by atoms with van der Waals surface area (Å²) in [5, 5.41) is 1.39. The van der Waals surface area contributed by atoms with Gasteiger partial charge in [0.1, 0.15) is 0 Å². The molecule has 1 aliphatic rings. The number of para-hydroxylation sites is 1. The van der Waals surface area contributed by atoms with Crippen molar-refractivity contribution >= 4 is 17.0 Å². The zero-order valence-electron chi connectivity index (χ0n) is 9.20. The minimum atomic E-state index is 0.646. The highest BCUT2D eigenvalue weighted by molar-refractivity contribution is 5.88. The summed E-state index contributed by atoms with van der Waals surface area (Å²) in [6, 6.07) is 8.68. The molecule has 3 rings (SSSR count). The van der Waals surface area contributed by atoms with Gasteiger partial charge in [0.25, 0.3) is 0 Å². The van der Waals surface area contributed by atoms with E-state index < -0.39 is 0 Å². The smallest absolute Gasteiger partial charge is 0.0488 e. The number of hydrogen-bond donors (Lipinski definition) is 0. The SMILES string of the molecule is Cc1c2n(c3ccccc13)CC(C)C=C2. The first-order valence-electron chi connectivity index (χ1n) is 5.53. The van der Waals surface area contributed by atoms with Crippen LogP contribution < -0.4 is 0 Å². The van der Waals surface area contributed by atoms with Crippen LogP contribution in [0.1, 0.15) is 18.2 Å². The number of aryl methyl sites for hydroxylation is 1. The summed E-state index contributed by atoms with van der Waals surface area (Å²) in [5.74, 6) is 0.646. The first-order valence-corrected chi connectivity index (χ1v) is 5.53. The summed E-state index contributed by atoms with van der Waals surface area (Å²) < 4.78 is 2.44. The van der Waals surface area contributed by atoms with E-state index in [-0.39, 0.29) is 0 Å². The average molecular weight is 197 g/mol. The molecule has 1 aliphatic heterocycles. The molecule has 0 radical (unpaired) electrons. The van der Waals surface area contributed by atoms with Gasteiger partial charge in [0.15, 0.2) is 0 Å². The minimum Gasteiger partial charge on any atom is -0.340 e. The maximum absolute atomic E-state index is 2.44. The van der Waals surface area contributed by atoms with Crippen LogP contribution in [0.4, 0.5) is 0 Å². The number of fused-ring (bicyclic) bond motifs is 3. The van der Waals surface area contributed by atoms with Gasteiger partial charge in [-0.3, -0.25) is 0 Å². The van der Waals surface area contributed by atoms with Crippen LogP contribution in [-0.2, 0) is 6.54 Å². The highest BCUT2D eigenvalue weighted by Gasteiger charge is 2.15. The second-order valence-electron chi connectivity index (χ2n) is 4.47. The average Bonchev–Trinajstić information content (AvgIpc) is 2.54. The van der Waals surface area contributed by atoms with Gasteiger partial charge < -0.3 is 4.57 Å². The Morgan fingerprint density at radius 3 is 2.93 bits per heavy atom. The van der Waals surface area contributed by atoms with Gasteiger partial charge in [0.05, 0.1) is 0 Å². The largest absolute Gasteiger partial charge is 0.340 e. The van der Waals surface area contributed by atoms with Crippen molar-refractivity contribution in [3.05, 3.63) is 41.6 Å². The summed E-state index contributed by atoms with van der Waals surface area (Å²) in [7, 11) is 0. The summed E-state index contributed by atoms with van der Waals surface area (Å²) in [5.41, 5.74) is 4.17. The van der Waals surface area contributed by atoms with Gasteiger partial charge >= 0.3 is 0 Å². The molecule has 1 heteroatoms. The van der Waals surface area contributed by atoms with Crippen molar-refractivity contribution in [1.82, 2.24) is 4.57 Å². The molecule has 2 aromatic rings. The van der Waals surface area contributed by atoms with Gasteiger partial charge in [-0.1, -0.05) is 31.2 Å². The Hall–Kier alpha value is -1.50. The Morgan fingerprint density at radius 2 is 2.07 bits per heavy atom. The fourth-order valence-electron chi connectivity index (χ4n) is 2.51. The molecule has 0 aliphatic carbocycles. The van der Waals surface area contributed by atoms with Gasteiger partial charge in [0, 0.05) is 23.1 Å². The number of benzene rings is 1. The third-order valence-electron chi connectivity index (χ3n) is 3.33. The van der Waals surface area contributed by atoms with E-state index in [1.54, 1.807) is 0 Å². The van der Waals surface area contributed by atoms with E-state index in [1.165, 1.54) is 22.2 Å². The molecule has 1 aromatic carbocycles. The zero-order valence-corrected chi connectivity index (χ0v) is 9.20. The number of aromatic nitrogens is 1. The second-order valence-corrected chi connectivity index (χ2v) is 4.47. The molecule has 2 heterocycles. The van der Waals surface area contributed by atoms with Crippen LogP contribution >= 0.6 is 0 Å². The second kappa shape index (κ2) is 2.99. The molecule has 15 heavy (non-hydrogen) atoms. The van der Waals surface area contributed by atoms with Gasteiger partial charge in [-0.25, -0.2) is 0 Å². The Kier molecular flexibility index (Phi) is 1.75. The van der Waals surface area contributed by atoms with E-state index in [1.807, 2.05) is 0 Å². The molecule has 0 saturated carbocycles. The molecule has 0 saturated heterocycles. The number of hydrogen-bond acceptors (Lipinski definition) is 0. The Labute approximate surface area is 90.0 Å². The van der Waals surface area contributed by atoms with Crippen LogP contribution in [0.2, 0.25) is 0 Å². The first kappa shape index (κ1) is 8.78. The molecule has 1 nitrogen and oxygen atoms in total. The fraction of sp³-hybridized carbons (Fsp3) is 0.286. The van der Waals surface area contributed by atoms with Gasteiger partial charge in [-0.05, 0) is 30.5 Å². The quantitative estimate of drug-likeness (QED) is 0.608. The highest BCUT2D eigenvalue weighted by atomic mass is 15.0. The van der Waals surface area contributed by atoms with Crippen LogP contribution in [-0.4, -0.2) is 4.57 Å². The van der Waals surface area contributed by atoms with E-state index in [2.05, 4.69) is 54.8 Å². The molecule has 1 unspecified atom stereocenters. The van der Waals surface area contributed by atoms with Crippen molar-refractivity contribution in [2.24, 2.45) is 5.92 Å². The predicted molar refractivity (Wildman–Crippen MR) is 64.9 cm³/mol. The molecule has 0 bridgehead atoms. The molecule has 76 valence electrons. The molecule has 0 spiro atoms. The number of allylic oxidation sites excluding steroid dienone is 1. The zero-order chi connectivity index (χ0) is 10.4. The van der Waals surface area contributed by atoms with Crippen molar-refractivity contribution in [2.75, 3.05) is 0 Å². The van der Waals surface area contributed by atoms with Gasteiger partial charge in [-0.2, -0.15) is 0 Å². The van der Waals surface area contributed by atoms with Gasteiger partial charge in [0.2, 0.25) is 0 Å². The van der Waals surface area contributed by atoms with Crippen LogP contribution in [0, 0.1) is 12.8 Å². The maximum atomic E-state index is 2.44. The monoisotopic (exact) mass is 197 g/mol. The number of nitrogens with zero attached hydrogens (tertiary/aromatic N) is 1. The van der Waals surface area contributed by atoms with Crippen molar-refractivity contribution in [3.8, 4) is 0 Å². The molecule has 1 aromatic heterocycles. The van der Waals surface area contributed by atoms with Gasteiger partial charge in [-0.15, -0.1) is 0 Å². The number of rotatable bonds is 0. The lowest BCUT2D eigenvalue weighted by atomic mass is 10.1. The van der Waals surface area contributed by atoms with Crippen molar-refractivity contribution in [1.29, 1.82) is 0 Å². The van der Waals surface area contributed by atoms with Crippen molar-refractivity contribution in [3.63, 3.8) is 0 Å². The summed E-state index contributed by atoms with van der Waals surface area (Å²) in [6.45, 7) is 5.60. The third-order valence-corrected chi connectivity index (χ3v) is 3.33. The maximum Gasteiger partial charge on any atom is 0.0488 e. The lowest BCUT2D eigenvalue weighted by molar-refractivity contribution is 0.572. The molecular formula is C14H15N. The Bertz CT molecular complexity index is 546. The van der Waals surface area contributed by atoms with E-state index in [4.69, 9.17) is 0 Å². The first-order chi connectivity index (χ1) is 7.27. The molecule has 0 amide bonds.